The molecule has 6 nitrogen and oxygen atoms in total. The molecule has 0 spiro atoms. The molecular formula is C16H22N2O4. The maximum absolute atomic E-state index is 12.6. The summed E-state index contributed by atoms with van der Waals surface area (Å²) in [5.74, 6) is 0.839. The number of piperidine rings is 1. The van der Waals surface area contributed by atoms with Crippen LogP contribution in [0.2, 0.25) is 0 Å². The number of hydrogen-bond donors (Lipinski definition) is 1. The molecule has 2 aliphatic rings. The monoisotopic (exact) mass is 306 g/mol. The maximum Gasteiger partial charge on any atom is 0.303 e. The van der Waals surface area contributed by atoms with E-state index in [0.29, 0.717) is 42.8 Å². The van der Waals surface area contributed by atoms with E-state index < -0.39 is 5.97 Å². The van der Waals surface area contributed by atoms with E-state index in [1.165, 1.54) is 0 Å². The summed E-state index contributed by atoms with van der Waals surface area (Å²) >= 11 is 0. The standard InChI is InChI=1S/C16H22N2O4/c1-10-14(22-15(17-10)12-5-6-12)16(21)18-8-2-3-11(9-18)4-7-13(19)20/h11-12H,2-9H2,1H3,(H,19,20). The molecule has 1 N–H and O–H groups in total. The smallest absolute Gasteiger partial charge is 0.303 e. The van der Waals surface area contributed by atoms with Gasteiger partial charge in [-0.15, -0.1) is 0 Å². The molecule has 1 unspecified atom stereocenters. The first-order valence-electron chi connectivity index (χ1n) is 8.03. The van der Waals surface area contributed by atoms with Crippen LogP contribution in [-0.4, -0.2) is 40.0 Å². The number of aliphatic carboxylic acids is 1. The molecule has 1 aromatic rings. The lowest BCUT2D eigenvalue weighted by atomic mass is 9.93. The van der Waals surface area contributed by atoms with Crippen molar-refractivity contribution in [3.05, 3.63) is 17.3 Å². The van der Waals surface area contributed by atoms with Gasteiger partial charge in [-0.25, -0.2) is 4.98 Å². The Hall–Kier alpha value is -1.85. The van der Waals surface area contributed by atoms with Gasteiger partial charge in [0.1, 0.15) is 0 Å². The zero-order valence-corrected chi connectivity index (χ0v) is 12.9. The zero-order valence-electron chi connectivity index (χ0n) is 12.9. The average molecular weight is 306 g/mol. The number of carboxylic acid groups (broad SMARTS) is 1. The van der Waals surface area contributed by atoms with Gasteiger partial charge in [-0.3, -0.25) is 9.59 Å². The minimum absolute atomic E-state index is 0.100. The van der Waals surface area contributed by atoms with Crippen molar-refractivity contribution in [2.75, 3.05) is 13.1 Å². The van der Waals surface area contributed by atoms with Crippen molar-refractivity contribution in [1.82, 2.24) is 9.88 Å². The molecule has 1 saturated heterocycles. The van der Waals surface area contributed by atoms with Crippen LogP contribution >= 0.6 is 0 Å². The second kappa shape index (κ2) is 6.10. The fraction of sp³-hybridized carbons (Fsp3) is 0.688. The Bertz CT molecular complexity index is 577. The summed E-state index contributed by atoms with van der Waals surface area (Å²) in [6, 6.07) is 0. The average Bonchev–Trinajstić information content (AvgIpc) is 3.28. The van der Waals surface area contributed by atoms with E-state index in [0.717, 1.165) is 25.7 Å². The van der Waals surface area contributed by atoms with E-state index in [1.807, 2.05) is 6.92 Å². The molecule has 0 aromatic carbocycles. The van der Waals surface area contributed by atoms with Crippen LogP contribution in [0.4, 0.5) is 0 Å². The Morgan fingerprint density at radius 1 is 1.36 bits per heavy atom. The fourth-order valence-electron chi connectivity index (χ4n) is 3.08. The summed E-state index contributed by atoms with van der Waals surface area (Å²) in [7, 11) is 0. The summed E-state index contributed by atoms with van der Waals surface area (Å²) in [6.45, 7) is 3.14. The molecule has 2 fully saturated rings. The molecule has 22 heavy (non-hydrogen) atoms. The zero-order chi connectivity index (χ0) is 15.7. The second-order valence-corrected chi connectivity index (χ2v) is 6.43. The van der Waals surface area contributed by atoms with E-state index in [-0.39, 0.29) is 18.2 Å². The predicted octanol–water partition coefficient (Wildman–Crippen LogP) is 2.58. The quantitative estimate of drug-likeness (QED) is 0.904. The third kappa shape index (κ3) is 3.31. The molecule has 1 aliphatic heterocycles. The topological polar surface area (TPSA) is 83.6 Å². The SMILES string of the molecule is Cc1nc(C2CC2)oc1C(=O)N1CCCC(CCC(=O)O)C1. The van der Waals surface area contributed by atoms with Crippen LogP contribution in [0, 0.1) is 12.8 Å². The number of aromatic nitrogens is 1. The molecule has 3 rings (SSSR count). The Kier molecular flexibility index (Phi) is 4.18. The lowest BCUT2D eigenvalue weighted by Gasteiger charge is -2.32. The highest BCUT2D eigenvalue weighted by Gasteiger charge is 2.33. The van der Waals surface area contributed by atoms with Gasteiger partial charge in [-0.2, -0.15) is 0 Å². The van der Waals surface area contributed by atoms with Gasteiger partial charge < -0.3 is 14.4 Å². The Balaban J connectivity index is 1.64. The first-order chi connectivity index (χ1) is 10.5. The molecule has 1 atom stereocenters. The van der Waals surface area contributed by atoms with Crippen molar-refractivity contribution in [3.63, 3.8) is 0 Å². The van der Waals surface area contributed by atoms with Crippen LogP contribution in [0.15, 0.2) is 4.42 Å². The van der Waals surface area contributed by atoms with Gasteiger partial charge in [0.2, 0.25) is 5.76 Å². The summed E-state index contributed by atoms with van der Waals surface area (Å²) in [4.78, 5) is 29.5. The summed E-state index contributed by atoms with van der Waals surface area (Å²) in [6.07, 6.45) is 4.88. The number of hydrogen-bond acceptors (Lipinski definition) is 4. The van der Waals surface area contributed by atoms with E-state index >= 15 is 0 Å². The molecule has 1 aromatic heterocycles. The van der Waals surface area contributed by atoms with Gasteiger partial charge in [0.05, 0.1) is 5.69 Å². The van der Waals surface area contributed by atoms with Crippen LogP contribution in [0.25, 0.3) is 0 Å². The number of nitrogens with zero attached hydrogens (tertiary/aromatic N) is 2. The van der Waals surface area contributed by atoms with Gasteiger partial charge >= 0.3 is 5.97 Å². The van der Waals surface area contributed by atoms with Gasteiger partial charge in [0, 0.05) is 25.4 Å². The molecule has 0 bridgehead atoms. The molecule has 6 heteroatoms. The van der Waals surface area contributed by atoms with Crippen LogP contribution in [-0.2, 0) is 4.79 Å². The fourth-order valence-corrected chi connectivity index (χ4v) is 3.08. The Morgan fingerprint density at radius 2 is 2.14 bits per heavy atom. The first-order valence-corrected chi connectivity index (χ1v) is 8.03. The number of oxazole rings is 1. The molecule has 1 aliphatic carbocycles. The maximum atomic E-state index is 12.6. The molecule has 0 radical (unpaired) electrons. The normalized spacial score (nSPS) is 21.9. The van der Waals surface area contributed by atoms with Gasteiger partial charge in [0.15, 0.2) is 5.89 Å². The highest BCUT2D eigenvalue weighted by molar-refractivity contribution is 5.92. The van der Waals surface area contributed by atoms with Crippen LogP contribution in [0.1, 0.15) is 66.6 Å². The Labute approximate surface area is 129 Å². The molecule has 1 saturated carbocycles. The molecule has 1 amide bonds. The van der Waals surface area contributed by atoms with Crippen molar-refractivity contribution < 1.29 is 19.1 Å². The Morgan fingerprint density at radius 3 is 2.82 bits per heavy atom. The van der Waals surface area contributed by atoms with Crippen molar-refractivity contribution in [3.8, 4) is 0 Å². The number of carbonyl (C=O) groups is 2. The minimum Gasteiger partial charge on any atom is -0.481 e. The van der Waals surface area contributed by atoms with Gasteiger partial charge in [-0.1, -0.05) is 0 Å². The summed E-state index contributed by atoms with van der Waals surface area (Å²) in [5.41, 5.74) is 0.666. The predicted molar refractivity (Wildman–Crippen MR) is 78.7 cm³/mol. The van der Waals surface area contributed by atoms with Crippen LogP contribution in [0.3, 0.4) is 0 Å². The summed E-state index contributed by atoms with van der Waals surface area (Å²) < 4.78 is 5.69. The van der Waals surface area contributed by atoms with Crippen molar-refractivity contribution in [2.24, 2.45) is 5.92 Å². The van der Waals surface area contributed by atoms with Gasteiger partial charge in [-0.05, 0) is 44.9 Å². The second-order valence-electron chi connectivity index (χ2n) is 6.43. The minimum atomic E-state index is -0.774. The summed E-state index contributed by atoms with van der Waals surface area (Å²) in [5, 5.41) is 8.79. The third-order valence-electron chi connectivity index (χ3n) is 4.51. The lowest BCUT2D eigenvalue weighted by molar-refractivity contribution is -0.137. The molecular weight excluding hydrogens is 284 g/mol. The van der Waals surface area contributed by atoms with E-state index in [9.17, 15) is 9.59 Å². The third-order valence-corrected chi connectivity index (χ3v) is 4.51. The highest BCUT2D eigenvalue weighted by Crippen LogP contribution is 2.40. The number of likely N-dealkylation sites (tertiary alicyclic amines) is 1. The number of aryl methyl sites for hydroxylation is 1. The van der Waals surface area contributed by atoms with Crippen molar-refractivity contribution >= 4 is 11.9 Å². The van der Waals surface area contributed by atoms with Crippen molar-refractivity contribution in [2.45, 2.75) is 51.4 Å². The number of carboxylic acids is 1. The number of rotatable bonds is 5. The lowest BCUT2D eigenvalue weighted by Crippen LogP contribution is -2.40. The number of carbonyl (C=O) groups excluding carboxylic acids is 1. The largest absolute Gasteiger partial charge is 0.481 e. The van der Waals surface area contributed by atoms with E-state index in [4.69, 9.17) is 9.52 Å². The highest BCUT2D eigenvalue weighted by atomic mass is 16.4. The van der Waals surface area contributed by atoms with E-state index in [2.05, 4.69) is 4.98 Å². The van der Waals surface area contributed by atoms with Crippen molar-refractivity contribution in [1.29, 1.82) is 0 Å². The van der Waals surface area contributed by atoms with Crippen LogP contribution in [0.5, 0.6) is 0 Å². The molecule has 120 valence electrons. The number of amides is 1. The first kappa shape index (κ1) is 15.1. The van der Waals surface area contributed by atoms with E-state index in [1.54, 1.807) is 4.90 Å². The molecule has 2 heterocycles. The van der Waals surface area contributed by atoms with Gasteiger partial charge in [0.25, 0.3) is 5.91 Å². The van der Waals surface area contributed by atoms with Crippen LogP contribution < -0.4 is 0 Å².